The number of rotatable bonds is 5. The fourth-order valence-corrected chi connectivity index (χ4v) is 5.89. The number of aliphatic hydroxyl groups excluding tert-OH is 1. The van der Waals surface area contributed by atoms with E-state index in [1.165, 1.54) is 19.3 Å². The van der Waals surface area contributed by atoms with E-state index in [0.717, 1.165) is 25.7 Å². The molecule has 0 aromatic heterocycles. The molecule has 0 aromatic rings. The van der Waals surface area contributed by atoms with Gasteiger partial charge in [0.05, 0.1) is 4.87 Å². The van der Waals surface area contributed by atoms with Crippen LogP contribution in [0, 0.1) is 5.41 Å². The van der Waals surface area contributed by atoms with E-state index >= 15 is 0 Å². The molecule has 0 bridgehead atoms. The summed E-state index contributed by atoms with van der Waals surface area (Å²) in [4.78, 5) is 26.5. The van der Waals surface area contributed by atoms with Crippen molar-refractivity contribution in [2.24, 2.45) is 5.41 Å². The topological polar surface area (TPSA) is 69.6 Å². The third-order valence-electron chi connectivity index (χ3n) is 5.94. The van der Waals surface area contributed by atoms with Gasteiger partial charge in [-0.1, -0.05) is 19.3 Å². The van der Waals surface area contributed by atoms with Gasteiger partial charge in [-0.2, -0.15) is 0 Å². The third-order valence-corrected chi connectivity index (χ3v) is 7.45. The van der Waals surface area contributed by atoms with Crippen LogP contribution in [0.2, 0.25) is 0 Å². The smallest absolute Gasteiger partial charge is 0.243 e. The molecule has 23 heavy (non-hydrogen) atoms. The van der Waals surface area contributed by atoms with Crippen molar-refractivity contribution in [2.45, 2.75) is 69.2 Å². The number of amides is 2. The second-order valence-corrected chi connectivity index (χ2v) is 9.02. The molecule has 0 radical (unpaired) electrons. The molecule has 0 spiro atoms. The van der Waals surface area contributed by atoms with Crippen LogP contribution in [0.15, 0.2) is 0 Å². The zero-order valence-corrected chi connectivity index (χ0v) is 14.8. The maximum atomic E-state index is 12.7. The molecule has 3 rings (SSSR count). The van der Waals surface area contributed by atoms with Gasteiger partial charge >= 0.3 is 0 Å². The minimum atomic E-state index is -0.324. The van der Waals surface area contributed by atoms with Crippen molar-refractivity contribution >= 4 is 23.6 Å². The van der Waals surface area contributed by atoms with Crippen LogP contribution in [0.5, 0.6) is 0 Å². The Balaban J connectivity index is 1.61. The molecule has 1 saturated carbocycles. The molecule has 0 aromatic carbocycles. The standard InChI is InChI=1S/C17H28N2O3S/c1-16-8-5-14(21)19(16)13(11-23-16)15(22)18-12-17(9-10-20)6-3-2-4-7-17/h13,20H,2-12H2,1H3,(H,18,22)/t13-,16+/m1/s1. The highest BCUT2D eigenvalue weighted by molar-refractivity contribution is 8.01. The van der Waals surface area contributed by atoms with Gasteiger partial charge in [0.15, 0.2) is 0 Å². The molecule has 3 fully saturated rings. The quantitative estimate of drug-likeness (QED) is 0.802. The van der Waals surface area contributed by atoms with E-state index in [9.17, 15) is 14.7 Å². The molecular formula is C17H28N2O3S. The van der Waals surface area contributed by atoms with Gasteiger partial charge in [-0.05, 0) is 38.0 Å². The molecule has 0 unspecified atom stereocenters. The maximum Gasteiger partial charge on any atom is 0.243 e. The van der Waals surface area contributed by atoms with Crippen molar-refractivity contribution < 1.29 is 14.7 Å². The first kappa shape index (κ1) is 17.1. The van der Waals surface area contributed by atoms with Crippen molar-refractivity contribution in [3.63, 3.8) is 0 Å². The number of fused-ring (bicyclic) bond motifs is 1. The van der Waals surface area contributed by atoms with Crippen LogP contribution in [0.25, 0.3) is 0 Å². The zero-order chi connectivity index (χ0) is 16.5. The molecule has 3 aliphatic rings. The van der Waals surface area contributed by atoms with Crippen molar-refractivity contribution in [2.75, 3.05) is 18.9 Å². The van der Waals surface area contributed by atoms with Gasteiger partial charge in [0.25, 0.3) is 0 Å². The zero-order valence-electron chi connectivity index (χ0n) is 14.0. The minimum absolute atomic E-state index is 0.0145. The van der Waals surface area contributed by atoms with E-state index in [2.05, 4.69) is 12.2 Å². The molecule has 2 amide bonds. The van der Waals surface area contributed by atoms with E-state index in [4.69, 9.17) is 0 Å². The molecule has 2 aliphatic heterocycles. The average Bonchev–Trinajstić information content (AvgIpc) is 3.03. The highest BCUT2D eigenvalue weighted by atomic mass is 32.2. The summed E-state index contributed by atoms with van der Waals surface area (Å²) in [5.41, 5.74) is 0.0483. The number of aliphatic hydroxyl groups is 1. The molecule has 1 aliphatic carbocycles. The predicted molar refractivity (Wildman–Crippen MR) is 91.0 cm³/mol. The molecular weight excluding hydrogens is 312 g/mol. The molecule has 5 nitrogen and oxygen atoms in total. The molecule has 2 heterocycles. The summed E-state index contributed by atoms with van der Waals surface area (Å²) in [5.74, 6) is 0.793. The number of hydrogen-bond donors (Lipinski definition) is 2. The normalized spacial score (nSPS) is 32.9. The van der Waals surface area contributed by atoms with Gasteiger partial charge in [0, 0.05) is 25.3 Å². The van der Waals surface area contributed by atoms with Crippen molar-refractivity contribution in [1.29, 1.82) is 0 Å². The Bertz CT molecular complexity index is 473. The Morgan fingerprint density at radius 1 is 1.35 bits per heavy atom. The van der Waals surface area contributed by atoms with Gasteiger partial charge < -0.3 is 15.3 Å². The number of nitrogens with one attached hydrogen (secondary N) is 1. The Kier molecular flexibility index (Phi) is 4.93. The van der Waals surface area contributed by atoms with Crippen LogP contribution >= 0.6 is 11.8 Å². The summed E-state index contributed by atoms with van der Waals surface area (Å²) < 4.78 is 0. The predicted octanol–water partition coefficient (Wildman–Crippen LogP) is 1.89. The van der Waals surface area contributed by atoms with Gasteiger partial charge in [0.2, 0.25) is 11.8 Å². The average molecular weight is 340 g/mol. The lowest BCUT2D eigenvalue weighted by Gasteiger charge is -2.38. The van der Waals surface area contributed by atoms with Gasteiger partial charge in [-0.15, -0.1) is 11.8 Å². The fourth-order valence-electron chi connectivity index (χ4n) is 4.46. The Morgan fingerprint density at radius 3 is 2.78 bits per heavy atom. The van der Waals surface area contributed by atoms with E-state index in [0.29, 0.717) is 18.7 Å². The van der Waals surface area contributed by atoms with Crippen LogP contribution in [0.4, 0.5) is 0 Å². The van der Waals surface area contributed by atoms with Crippen LogP contribution < -0.4 is 5.32 Å². The first-order chi connectivity index (χ1) is 11.0. The second kappa shape index (κ2) is 6.63. The van der Waals surface area contributed by atoms with E-state index in [1.807, 2.05) is 4.90 Å². The number of hydrogen-bond acceptors (Lipinski definition) is 4. The summed E-state index contributed by atoms with van der Waals surface area (Å²) in [7, 11) is 0. The summed E-state index contributed by atoms with van der Waals surface area (Å²) in [6.45, 7) is 2.88. The highest BCUT2D eigenvalue weighted by Crippen LogP contribution is 2.47. The SMILES string of the molecule is C[C@]12CCC(=O)N1[C@@H](C(=O)NCC1(CCO)CCCCC1)CS2. The molecule has 2 saturated heterocycles. The molecule has 6 heteroatoms. The summed E-state index contributed by atoms with van der Waals surface area (Å²) in [6, 6.07) is -0.324. The van der Waals surface area contributed by atoms with E-state index in [1.54, 1.807) is 11.8 Å². The Hall–Kier alpha value is -0.750. The Labute approximate surface area is 142 Å². The molecule has 2 N–H and O–H groups in total. The lowest BCUT2D eigenvalue weighted by atomic mass is 9.72. The number of nitrogens with zero attached hydrogens (tertiary/aromatic N) is 1. The molecule has 130 valence electrons. The van der Waals surface area contributed by atoms with E-state index < -0.39 is 0 Å². The number of carbonyl (C=O) groups is 2. The summed E-state index contributed by atoms with van der Waals surface area (Å²) in [5, 5.41) is 12.5. The maximum absolute atomic E-state index is 12.7. The van der Waals surface area contributed by atoms with Crippen LogP contribution in [0.3, 0.4) is 0 Å². The lowest BCUT2D eigenvalue weighted by molar-refractivity contribution is -0.138. The molecule has 2 atom stereocenters. The summed E-state index contributed by atoms with van der Waals surface area (Å²) in [6.07, 6.45) is 7.92. The van der Waals surface area contributed by atoms with Crippen molar-refractivity contribution in [3.05, 3.63) is 0 Å². The van der Waals surface area contributed by atoms with Gasteiger partial charge in [-0.3, -0.25) is 9.59 Å². The minimum Gasteiger partial charge on any atom is -0.396 e. The fraction of sp³-hybridized carbons (Fsp3) is 0.882. The number of thioether (sulfide) groups is 1. The first-order valence-corrected chi connectivity index (χ1v) is 9.83. The lowest BCUT2D eigenvalue weighted by Crippen LogP contribution is -2.52. The van der Waals surface area contributed by atoms with Crippen molar-refractivity contribution in [1.82, 2.24) is 10.2 Å². The summed E-state index contributed by atoms with van der Waals surface area (Å²) >= 11 is 1.73. The monoisotopic (exact) mass is 340 g/mol. The van der Waals surface area contributed by atoms with Crippen molar-refractivity contribution in [3.8, 4) is 0 Å². The second-order valence-electron chi connectivity index (χ2n) is 7.52. The van der Waals surface area contributed by atoms with Gasteiger partial charge in [0.1, 0.15) is 6.04 Å². The number of carbonyl (C=O) groups excluding carboxylic acids is 2. The van der Waals surface area contributed by atoms with Crippen LogP contribution in [-0.4, -0.2) is 51.6 Å². The first-order valence-electron chi connectivity index (χ1n) is 8.84. The van der Waals surface area contributed by atoms with Gasteiger partial charge in [-0.25, -0.2) is 0 Å². The van der Waals surface area contributed by atoms with Crippen LogP contribution in [0.1, 0.15) is 58.3 Å². The largest absolute Gasteiger partial charge is 0.396 e. The third kappa shape index (κ3) is 3.25. The highest BCUT2D eigenvalue weighted by Gasteiger charge is 2.53. The van der Waals surface area contributed by atoms with Crippen LogP contribution in [-0.2, 0) is 9.59 Å². The van der Waals surface area contributed by atoms with E-state index in [-0.39, 0.29) is 34.7 Å². The Morgan fingerprint density at radius 2 is 2.09 bits per heavy atom.